The van der Waals surface area contributed by atoms with Crippen molar-refractivity contribution in [3.63, 3.8) is 0 Å². The number of fused-ring (bicyclic) bond motifs is 1. The molecule has 8 heteroatoms. The highest BCUT2D eigenvalue weighted by Gasteiger charge is 2.18. The Morgan fingerprint density at radius 2 is 1.50 bits per heavy atom. The lowest BCUT2D eigenvalue weighted by atomic mass is 10.1. The van der Waals surface area contributed by atoms with Crippen LogP contribution in [-0.2, 0) is 0 Å². The molecule has 0 spiro atoms. The number of hydrogen-bond donors (Lipinski definition) is 2. The predicted molar refractivity (Wildman–Crippen MR) is 149 cm³/mol. The summed E-state index contributed by atoms with van der Waals surface area (Å²) in [5.74, 6) is 2.57. The normalized spacial score (nSPS) is 14.8. The van der Waals surface area contributed by atoms with E-state index in [1.54, 1.807) is 23.5 Å². The van der Waals surface area contributed by atoms with Crippen molar-refractivity contribution in [1.82, 2.24) is 9.80 Å². The zero-order chi connectivity index (χ0) is 24.9. The van der Waals surface area contributed by atoms with E-state index >= 15 is 0 Å². The summed E-state index contributed by atoms with van der Waals surface area (Å²) in [7, 11) is 0. The molecular weight excluding hydrogens is 540 g/mol. The molecule has 1 fully saturated rings. The third-order valence-electron chi connectivity index (χ3n) is 6.34. The number of benzene rings is 3. The molecule has 2 heterocycles. The summed E-state index contributed by atoms with van der Waals surface area (Å²) < 4.78 is 14.4. The Balaban J connectivity index is 1.24. The van der Waals surface area contributed by atoms with Gasteiger partial charge >= 0.3 is 0 Å². The van der Waals surface area contributed by atoms with Crippen molar-refractivity contribution in [1.29, 1.82) is 0 Å². The fraction of sp³-hybridized carbons (Fsp3) is 0.286. The second-order valence-corrected chi connectivity index (χ2v) is 10.7. The smallest absolute Gasteiger partial charge is 0.153 e. The minimum absolute atomic E-state index is 0.223. The van der Waals surface area contributed by atoms with Crippen LogP contribution in [0.25, 0.3) is 20.5 Å². The Bertz CT molecular complexity index is 1290. The first kappa shape index (κ1) is 25.0. The number of aliphatic hydroxyl groups is 1. The lowest BCUT2D eigenvalue weighted by Gasteiger charge is -2.34. The molecule has 6 nitrogen and oxygen atoms in total. The topological polar surface area (TPSA) is 65.4 Å². The van der Waals surface area contributed by atoms with Crippen LogP contribution in [0.2, 0.25) is 0 Å². The van der Waals surface area contributed by atoms with Gasteiger partial charge in [-0.15, -0.1) is 11.3 Å². The van der Waals surface area contributed by atoms with E-state index in [-0.39, 0.29) is 12.4 Å². The first-order valence-electron chi connectivity index (χ1n) is 12.1. The lowest BCUT2D eigenvalue weighted by Crippen LogP contribution is -2.48. The highest BCUT2D eigenvalue weighted by Crippen LogP contribution is 2.47. The predicted octanol–water partition coefficient (Wildman–Crippen LogP) is 5.82. The molecule has 0 aliphatic carbocycles. The maximum atomic E-state index is 9.98. The van der Waals surface area contributed by atoms with Crippen LogP contribution in [0.5, 0.6) is 23.0 Å². The Kier molecular flexibility index (Phi) is 8.09. The molecule has 0 saturated carbocycles. The summed E-state index contributed by atoms with van der Waals surface area (Å²) in [5, 5.41) is 20.0. The van der Waals surface area contributed by atoms with Crippen LogP contribution in [0, 0.1) is 0 Å². The van der Waals surface area contributed by atoms with Crippen LogP contribution in [0.3, 0.4) is 0 Å². The van der Waals surface area contributed by atoms with Crippen LogP contribution in [0.15, 0.2) is 71.2 Å². The summed E-state index contributed by atoms with van der Waals surface area (Å²) >= 11 is 5.11. The average Bonchev–Trinajstić information content (AvgIpc) is 3.24. The summed E-state index contributed by atoms with van der Waals surface area (Å²) in [6, 6.07) is 21.3. The molecule has 0 unspecified atom stereocenters. The van der Waals surface area contributed by atoms with Gasteiger partial charge in [-0.25, -0.2) is 0 Å². The number of β-amino-alcohol motifs (C(OH)–C–C–N with tert-alkyl or cyclic N) is 1. The van der Waals surface area contributed by atoms with Crippen molar-refractivity contribution in [2.24, 2.45) is 0 Å². The molecule has 188 valence electrons. The maximum absolute atomic E-state index is 9.98. The van der Waals surface area contributed by atoms with Gasteiger partial charge in [-0.2, -0.15) is 0 Å². The molecule has 5 rings (SSSR count). The maximum Gasteiger partial charge on any atom is 0.153 e. The quantitative estimate of drug-likeness (QED) is 0.265. The lowest BCUT2D eigenvalue weighted by molar-refractivity contribution is 0.102. The fourth-order valence-electron chi connectivity index (χ4n) is 4.35. The van der Waals surface area contributed by atoms with Gasteiger partial charge in [0.05, 0.1) is 11.5 Å². The first-order valence-corrected chi connectivity index (χ1v) is 13.7. The largest absolute Gasteiger partial charge is 0.508 e. The number of phenols is 1. The van der Waals surface area contributed by atoms with E-state index in [0.29, 0.717) is 6.61 Å². The van der Waals surface area contributed by atoms with Gasteiger partial charge in [-0.3, -0.25) is 9.80 Å². The van der Waals surface area contributed by atoms with Crippen LogP contribution >= 0.6 is 27.3 Å². The number of ether oxygens (including phenoxy) is 2. The van der Waals surface area contributed by atoms with E-state index in [2.05, 4.69) is 37.9 Å². The number of nitrogens with zero attached hydrogens (tertiary/aromatic N) is 2. The van der Waals surface area contributed by atoms with E-state index < -0.39 is 0 Å². The number of piperazine rings is 1. The highest BCUT2D eigenvalue weighted by atomic mass is 79.9. The second kappa shape index (κ2) is 11.6. The molecule has 36 heavy (non-hydrogen) atoms. The monoisotopic (exact) mass is 568 g/mol. The van der Waals surface area contributed by atoms with Crippen molar-refractivity contribution in [3.8, 4) is 33.4 Å². The van der Waals surface area contributed by atoms with E-state index in [4.69, 9.17) is 14.6 Å². The summed E-state index contributed by atoms with van der Waals surface area (Å²) in [6.07, 6.45) is 0. The Morgan fingerprint density at radius 3 is 2.19 bits per heavy atom. The molecular formula is C28H29BrN2O4S. The van der Waals surface area contributed by atoms with E-state index in [1.807, 2.05) is 42.5 Å². The molecule has 1 saturated heterocycles. The fourth-order valence-corrected chi connectivity index (χ4v) is 5.78. The SMILES string of the molecule is OCCN1CCN(CCOc2ccc(Oc3c(-c4ccc(Br)cc4)sc4cc(O)ccc34)cc2)CC1. The molecule has 0 amide bonds. The van der Waals surface area contributed by atoms with Crippen molar-refractivity contribution in [3.05, 3.63) is 71.2 Å². The Hall–Kier alpha value is -2.62. The van der Waals surface area contributed by atoms with Gasteiger partial charge in [0.15, 0.2) is 5.75 Å². The number of phenolic OH excluding ortho intramolecular Hbond substituents is 1. The number of thiophene rings is 1. The first-order chi connectivity index (χ1) is 17.6. The molecule has 2 N–H and O–H groups in total. The number of aromatic hydroxyl groups is 1. The third-order valence-corrected chi connectivity index (χ3v) is 8.05. The van der Waals surface area contributed by atoms with Crippen LogP contribution in [0.1, 0.15) is 0 Å². The van der Waals surface area contributed by atoms with Crippen molar-refractivity contribution < 1.29 is 19.7 Å². The molecule has 0 atom stereocenters. The van der Waals surface area contributed by atoms with Crippen molar-refractivity contribution in [2.75, 3.05) is 52.5 Å². The van der Waals surface area contributed by atoms with Crippen LogP contribution < -0.4 is 9.47 Å². The average molecular weight is 570 g/mol. The summed E-state index contributed by atoms with van der Waals surface area (Å²) in [4.78, 5) is 5.70. The molecule has 1 aliphatic rings. The van der Waals surface area contributed by atoms with E-state index in [9.17, 15) is 5.11 Å². The molecule has 0 radical (unpaired) electrons. The van der Waals surface area contributed by atoms with Gasteiger partial charge < -0.3 is 19.7 Å². The number of aliphatic hydroxyl groups excluding tert-OH is 1. The number of hydrogen-bond acceptors (Lipinski definition) is 7. The standard InChI is InChI=1S/C28H29BrN2O4S/c29-21-3-1-20(2-4-21)28-27(25-10-5-22(33)19-26(25)36-28)35-24-8-6-23(7-9-24)34-18-16-31-13-11-30(12-14-31)15-17-32/h1-10,19,32-33H,11-18H2. The van der Waals surface area contributed by atoms with Gasteiger partial charge in [0.25, 0.3) is 0 Å². The molecule has 3 aromatic carbocycles. The van der Waals surface area contributed by atoms with Crippen LogP contribution in [-0.4, -0.2) is 72.5 Å². The Morgan fingerprint density at radius 1 is 0.833 bits per heavy atom. The Labute approximate surface area is 223 Å². The van der Waals surface area contributed by atoms with Crippen LogP contribution in [0.4, 0.5) is 0 Å². The minimum atomic E-state index is 0.223. The summed E-state index contributed by atoms with van der Waals surface area (Å²) in [6.45, 7) is 6.49. The molecule has 4 aromatic rings. The number of halogens is 1. The zero-order valence-electron chi connectivity index (χ0n) is 19.9. The van der Waals surface area contributed by atoms with Crippen molar-refractivity contribution >= 4 is 37.4 Å². The van der Waals surface area contributed by atoms with Gasteiger partial charge in [0, 0.05) is 53.8 Å². The van der Waals surface area contributed by atoms with Gasteiger partial charge in [0.2, 0.25) is 0 Å². The molecule has 1 aromatic heterocycles. The van der Waals surface area contributed by atoms with Gasteiger partial charge in [0.1, 0.15) is 23.9 Å². The molecule has 1 aliphatic heterocycles. The number of rotatable bonds is 9. The highest BCUT2D eigenvalue weighted by molar-refractivity contribution is 9.10. The zero-order valence-corrected chi connectivity index (χ0v) is 22.3. The molecule has 0 bridgehead atoms. The third kappa shape index (κ3) is 6.02. The van der Waals surface area contributed by atoms with Gasteiger partial charge in [-0.05, 0) is 60.2 Å². The van der Waals surface area contributed by atoms with E-state index in [1.165, 1.54) is 0 Å². The van der Waals surface area contributed by atoms with E-state index in [0.717, 1.165) is 81.5 Å². The van der Waals surface area contributed by atoms with Crippen molar-refractivity contribution in [2.45, 2.75) is 0 Å². The minimum Gasteiger partial charge on any atom is -0.508 e. The van der Waals surface area contributed by atoms with Gasteiger partial charge in [-0.1, -0.05) is 28.1 Å². The summed E-state index contributed by atoms with van der Waals surface area (Å²) in [5.41, 5.74) is 1.06. The second-order valence-electron chi connectivity index (χ2n) is 8.78.